The van der Waals surface area contributed by atoms with Crippen molar-refractivity contribution in [2.75, 3.05) is 18.8 Å². The summed E-state index contributed by atoms with van der Waals surface area (Å²) in [6.07, 6.45) is 2.74. The third-order valence-electron chi connectivity index (χ3n) is 4.84. The molecule has 0 unspecified atom stereocenters. The highest BCUT2D eigenvalue weighted by molar-refractivity contribution is 7.89. The van der Waals surface area contributed by atoms with Crippen LogP contribution in [0.4, 0.5) is 10.1 Å². The molecule has 1 aliphatic heterocycles. The van der Waals surface area contributed by atoms with Crippen molar-refractivity contribution >= 4 is 15.7 Å². The Kier molecular flexibility index (Phi) is 4.31. The second kappa shape index (κ2) is 5.57. The van der Waals surface area contributed by atoms with E-state index in [-0.39, 0.29) is 21.6 Å². The van der Waals surface area contributed by atoms with Gasteiger partial charge in [-0.2, -0.15) is 4.31 Å². The molecule has 0 aromatic heterocycles. The Morgan fingerprint density at radius 3 is 2.48 bits per heavy atom. The van der Waals surface area contributed by atoms with Crippen LogP contribution in [0.15, 0.2) is 17.0 Å². The van der Waals surface area contributed by atoms with E-state index < -0.39 is 15.8 Å². The van der Waals surface area contributed by atoms with Crippen LogP contribution in [0.5, 0.6) is 0 Å². The van der Waals surface area contributed by atoms with Crippen LogP contribution >= 0.6 is 0 Å². The molecule has 0 amide bonds. The van der Waals surface area contributed by atoms with Gasteiger partial charge in [-0.25, -0.2) is 12.8 Å². The van der Waals surface area contributed by atoms with Gasteiger partial charge in [0.1, 0.15) is 5.82 Å². The summed E-state index contributed by atoms with van der Waals surface area (Å²) in [5.74, 6) is -0.579. The SMILES string of the molecule is CCC1(CC)CCN(S(=O)(=O)c2cc(N)cc(F)c2C)C1. The van der Waals surface area contributed by atoms with Crippen molar-refractivity contribution in [3.05, 3.63) is 23.5 Å². The summed E-state index contributed by atoms with van der Waals surface area (Å²) in [7, 11) is -3.69. The van der Waals surface area contributed by atoms with Crippen molar-refractivity contribution in [1.29, 1.82) is 0 Å². The van der Waals surface area contributed by atoms with Crippen LogP contribution in [0.2, 0.25) is 0 Å². The molecule has 6 heteroatoms. The predicted molar refractivity (Wildman–Crippen MR) is 81.9 cm³/mol. The van der Waals surface area contributed by atoms with Crippen LogP contribution in [0.25, 0.3) is 0 Å². The molecule has 1 aliphatic rings. The van der Waals surface area contributed by atoms with E-state index in [0.717, 1.165) is 25.3 Å². The first-order valence-corrected chi connectivity index (χ1v) is 8.75. The lowest BCUT2D eigenvalue weighted by Gasteiger charge is -2.26. The highest BCUT2D eigenvalue weighted by Gasteiger charge is 2.41. The minimum absolute atomic E-state index is 0.0111. The highest BCUT2D eigenvalue weighted by atomic mass is 32.2. The smallest absolute Gasteiger partial charge is 0.243 e. The molecule has 2 N–H and O–H groups in total. The van der Waals surface area contributed by atoms with Crippen LogP contribution < -0.4 is 5.73 Å². The number of nitrogen functional groups attached to an aromatic ring is 1. The van der Waals surface area contributed by atoms with E-state index in [1.807, 2.05) is 0 Å². The standard InChI is InChI=1S/C15H23FN2O2S/c1-4-15(5-2)6-7-18(10-15)21(19,20)14-9-12(17)8-13(16)11(14)3/h8-9H,4-7,10,17H2,1-3H3. The van der Waals surface area contributed by atoms with Gasteiger partial charge in [0.15, 0.2) is 0 Å². The van der Waals surface area contributed by atoms with Crippen molar-refractivity contribution in [2.24, 2.45) is 5.41 Å². The van der Waals surface area contributed by atoms with Crippen LogP contribution in [0, 0.1) is 18.2 Å². The number of halogens is 1. The molecule has 0 radical (unpaired) electrons. The van der Waals surface area contributed by atoms with E-state index in [2.05, 4.69) is 13.8 Å². The summed E-state index contributed by atoms with van der Waals surface area (Å²) in [6.45, 7) is 6.64. The zero-order chi connectivity index (χ0) is 15.8. The fraction of sp³-hybridized carbons (Fsp3) is 0.600. The fourth-order valence-corrected chi connectivity index (χ4v) is 4.83. The Morgan fingerprint density at radius 1 is 1.33 bits per heavy atom. The van der Waals surface area contributed by atoms with Crippen LogP contribution in [-0.4, -0.2) is 25.8 Å². The number of hydrogen-bond acceptors (Lipinski definition) is 3. The monoisotopic (exact) mass is 314 g/mol. The first-order chi connectivity index (χ1) is 9.75. The largest absolute Gasteiger partial charge is 0.399 e. The molecule has 0 aliphatic carbocycles. The lowest BCUT2D eigenvalue weighted by atomic mass is 9.82. The maximum absolute atomic E-state index is 13.8. The average Bonchev–Trinajstić information content (AvgIpc) is 2.88. The Balaban J connectivity index is 2.41. The van der Waals surface area contributed by atoms with Gasteiger partial charge in [0, 0.05) is 24.3 Å². The van der Waals surface area contributed by atoms with Gasteiger partial charge in [-0.3, -0.25) is 0 Å². The van der Waals surface area contributed by atoms with Gasteiger partial charge >= 0.3 is 0 Å². The summed E-state index contributed by atoms with van der Waals surface area (Å²) < 4.78 is 40.8. The zero-order valence-electron chi connectivity index (χ0n) is 12.8. The van der Waals surface area contributed by atoms with Gasteiger partial charge in [-0.05, 0) is 43.7 Å². The van der Waals surface area contributed by atoms with Crippen LogP contribution in [0.1, 0.15) is 38.7 Å². The molecule has 0 saturated carbocycles. The topological polar surface area (TPSA) is 63.4 Å². The predicted octanol–water partition coefficient (Wildman–Crippen LogP) is 2.92. The van der Waals surface area contributed by atoms with E-state index in [0.29, 0.717) is 13.1 Å². The molecule has 1 heterocycles. The number of nitrogens with two attached hydrogens (primary N) is 1. The molecule has 1 fully saturated rings. The van der Waals surface area contributed by atoms with E-state index in [4.69, 9.17) is 5.73 Å². The number of rotatable bonds is 4. The third kappa shape index (κ3) is 2.79. The lowest BCUT2D eigenvalue weighted by Crippen LogP contribution is -2.32. The van der Waals surface area contributed by atoms with E-state index >= 15 is 0 Å². The molecule has 2 rings (SSSR count). The Hall–Kier alpha value is -1.14. The molecule has 1 aromatic rings. The fourth-order valence-electron chi connectivity index (χ4n) is 3.01. The zero-order valence-corrected chi connectivity index (χ0v) is 13.6. The molecule has 0 bridgehead atoms. The quantitative estimate of drug-likeness (QED) is 0.869. The van der Waals surface area contributed by atoms with Gasteiger partial charge in [0.2, 0.25) is 10.0 Å². The Labute approximate surface area is 126 Å². The summed E-state index contributed by atoms with van der Waals surface area (Å²) in [5.41, 5.74) is 5.91. The van der Waals surface area contributed by atoms with Crippen molar-refractivity contribution in [3.63, 3.8) is 0 Å². The molecule has 1 aromatic carbocycles. The van der Waals surface area contributed by atoms with Crippen molar-refractivity contribution in [3.8, 4) is 0 Å². The second-order valence-electron chi connectivity index (χ2n) is 5.92. The number of hydrogen-bond donors (Lipinski definition) is 1. The van der Waals surface area contributed by atoms with E-state index in [9.17, 15) is 12.8 Å². The molecule has 0 spiro atoms. The van der Waals surface area contributed by atoms with Gasteiger partial charge in [0.25, 0.3) is 0 Å². The first-order valence-electron chi connectivity index (χ1n) is 7.31. The van der Waals surface area contributed by atoms with Crippen molar-refractivity contribution < 1.29 is 12.8 Å². The first kappa shape index (κ1) is 16.2. The maximum atomic E-state index is 13.8. The van der Waals surface area contributed by atoms with Crippen LogP contribution in [0.3, 0.4) is 0 Å². The van der Waals surface area contributed by atoms with Gasteiger partial charge < -0.3 is 5.73 Å². The molecule has 118 valence electrons. The van der Waals surface area contributed by atoms with E-state index in [1.54, 1.807) is 0 Å². The third-order valence-corrected chi connectivity index (χ3v) is 6.81. The molecule has 1 saturated heterocycles. The summed E-state index contributed by atoms with van der Waals surface area (Å²) in [6, 6.07) is 2.51. The van der Waals surface area contributed by atoms with Gasteiger partial charge in [-0.15, -0.1) is 0 Å². The summed E-state index contributed by atoms with van der Waals surface area (Å²) >= 11 is 0. The van der Waals surface area contributed by atoms with E-state index in [1.165, 1.54) is 17.3 Å². The average molecular weight is 314 g/mol. The number of sulfonamides is 1. The number of benzene rings is 1. The lowest BCUT2D eigenvalue weighted by molar-refractivity contribution is 0.279. The summed E-state index contributed by atoms with van der Waals surface area (Å²) in [4.78, 5) is -0.0111. The number of anilines is 1. The number of nitrogens with zero attached hydrogens (tertiary/aromatic N) is 1. The molecule has 4 nitrogen and oxygen atoms in total. The normalized spacial score (nSPS) is 19.0. The minimum atomic E-state index is -3.69. The van der Waals surface area contributed by atoms with Crippen molar-refractivity contribution in [1.82, 2.24) is 4.31 Å². The van der Waals surface area contributed by atoms with Gasteiger partial charge in [0.05, 0.1) is 4.90 Å². The minimum Gasteiger partial charge on any atom is -0.399 e. The van der Waals surface area contributed by atoms with Crippen LogP contribution in [-0.2, 0) is 10.0 Å². The molecule has 21 heavy (non-hydrogen) atoms. The summed E-state index contributed by atoms with van der Waals surface area (Å²) in [5, 5.41) is 0. The van der Waals surface area contributed by atoms with Gasteiger partial charge in [-0.1, -0.05) is 13.8 Å². The Morgan fingerprint density at radius 2 is 1.95 bits per heavy atom. The van der Waals surface area contributed by atoms with Crippen molar-refractivity contribution in [2.45, 2.75) is 44.9 Å². The molecular weight excluding hydrogens is 291 g/mol. The molecule has 0 atom stereocenters. The molecular formula is C15H23FN2O2S. The Bertz CT molecular complexity index is 639. The maximum Gasteiger partial charge on any atom is 0.243 e. The second-order valence-corrected chi connectivity index (χ2v) is 7.83. The highest BCUT2D eigenvalue weighted by Crippen LogP contribution is 2.39.